The Kier molecular flexibility index (Phi) is 4.19. The lowest BCUT2D eigenvalue weighted by Gasteiger charge is -2.10. The van der Waals surface area contributed by atoms with Crippen molar-refractivity contribution < 1.29 is 9.47 Å². The highest BCUT2D eigenvalue weighted by molar-refractivity contribution is 9.08. The third kappa shape index (κ3) is 3.01. The van der Waals surface area contributed by atoms with Crippen LogP contribution in [0.4, 0.5) is 0 Å². The van der Waals surface area contributed by atoms with Crippen LogP contribution in [0, 0.1) is 0 Å². The lowest BCUT2D eigenvalue weighted by molar-refractivity contribution is 0.280. The monoisotopic (exact) mass is 311 g/mol. The molecule has 2 rings (SSSR count). The van der Waals surface area contributed by atoms with E-state index in [0.717, 1.165) is 22.3 Å². The van der Waals surface area contributed by atoms with Gasteiger partial charge in [-0.15, -0.1) is 5.10 Å². The Hall–Kier alpha value is -1.56. The van der Waals surface area contributed by atoms with E-state index < -0.39 is 0 Å². The van der Waals surface area contributed by atoms with E-state index in [0.29, 0.717) is 12.4 Å². The zero-order chi connectivity index (χ0) is 13.0. The molecule has 0 spiro atoms. The maximum absolute atomic E-state index is 5.67. The second kappa shape index (κ2) is 5.86. The van der Waals surface area contributed by atoms with E-state index in [2.05, 4.69) is 26.2 Å². The van der Waals surface area contributed by atoms with Crippen LogP contribution in [0.25, 0.3) is 0 Å². The van der Waals surface area contributed by atoms with Gasteiger partial charge in [0.2, 0.25) is 0 Å². The molecule has 0 fully saturated rings. The SMILES string of the molecule is COc1cc(CBr)ccc1OCc1cn(C)nn1. The molecule has 0 atom stereocenters. The summed E-state index contributed by atoms with van der Waals surface area (Å²) in [6.45, 7) is 0.373. The van der Waals surface area contributed by atoms with Crippen LogP contribution in [0.15, 0.2) is 24.4 Å². The third-order valence-electron chi connectivity index (χ3n) is 2.41. The highest BCUT2D eigenvalue weighted by atomic mass is 79.9. The number of hydrogen-bond acceptors (Lipinski definition) is 4. The van der Waals surface area contributed by atoms with E-state index in [-0.39, 0.29) is 0 Å². The van der Waals surface area contributed by atoms with Crippen LogP contribution in [0.2, 0.25) is 0 Å². The second-order valence-corrected chi connectivity index (χ2v) is 4.35. The Bertz CT molecular complexity index is 528. The molecule has 0 saturated heterocycles. The maximum atomic E-state index is 5.67. The average Bonchev–Trinajstić information content (AvgIpc) is 2.82. The molecule has 0 aliphatic rings. The fraction of sp³-hybridized carbons (Fsp3) is 0.333. The minimum absolute atomic E-state index is 0.373. The summed E-state index contributed by atoms with van der Waals surface area (Å²) in [5.41, 5.74) is 1.92. The van der Waals surface area contributed by atoms with Crippen molar-refractivity contribution in [2.24, 2.45) is 7.05 Å². The fourth-order valence-electron chi connectivity index (χ4n) is 1.53. The number of aromatic nitrogens is 3. The summed E-state index contributed by atoms with van der Waals surface area (Å²) in [7, 11) is 3.45. The van der Waals surface area contributed by atoms with Crippen molar-refractivity contribution in [1.82, 2.24) is 15.0 Å². The van der Waals surface area contributed by atoms with Crippen molar-refractivity contribution in [3.63, 3.8) is 0 Å². The lowest BCUT2D eigenvalue weighted by atomic mass is 10.2. The number of alkyl halides is 1. The molecular formula is C12H14BrN3O2. The number of hydrogen-bond donors (Lipinski definition) is 0. The molecule has 0 aliphatic heterocycles. The van der Waals surface area contributed by atoms with E-state index in [1.807, 2.05) is 31.4 Å². The normalized spacial score (nSPS) is 10.4. The van der Waals surface area contributed by atoms with Gasteiger partial charge in [-0.05, 0) is 17.7 Å². The van der Waals surface area contributed by atoms with Gasteiger partial charge in [0.25, 0.3) is 0 Å². The van der Waals surface area contributed by atoms with Crippen LogP contribution >= 0.6 is 15.9 Å². The summed E-state index contributed by atoms with van der Waals surface area (Å²) in [6.07, 6.45) is 1.82. The van der Waals surface area contributed by atoms with Gasteiger partial charge in [0.05, 0.1) is 13.3 Å². The van der Waals surface area contributed by atoms with E-state index in [1.165, 1.54) is 0 Å². The molecule has 96 valence electrons. The molecule has 2 aromatic rings. The number of halogens is 1. The van der Waals surface area contributed by atoms with Crippen LogP contribution in [-0.2, 0) is 19.0 Å². The summed E-state index contributed by atoms with van der Waals surface area (Å²) in [4.78, 5) is 0. The number of benzene rings is 1. The first kappa shape index (κ1) is 12.9. The molecule has 1 aromatic carbocycles. The van der Waals surface area contributed by atoms with Crippen LogP contribution < -0.4 is 9.47 Å². The highest BCUT2D eigenvalue weighted by Crippen LogP contribution is 2.29. The molecule has 1 heterocycles. The predicted molar refractivity (Wildman–Crippen MR) is 71.0 cm³/mol. The zero-order valence-electron chi connectivity index (χ0n) is 10.3. The Morgan fingerprint density at radius 3 is 2.78 bits per heavy atom. The summed E-state index contributed by atoms with van der Waals surface area (Å²) in [5.74, 6) is 1.42. The van der Waals surface area contributed by atoms with Crippen LogP contribution in [0.1, 0.15) is 11.3 Å². The van der Waals surface area contributed by atoms with Crippen molar-refractivity contribution in [3.8, 4) is 11.5 Å². The minimum atomic E-state index is 0.373. The molecule has 1 aromatic heterocycles. The van der Waals surface area contributed by atoms with Crippen LogP contribution in [0.3, 0.4) is 0 Å². The van der Waals surface area contributed by atoms with E-state index in [9.17, 15) is 0 Å². The Balaban J connectivity index is 2.08. The number of ether oxygens (including phenoxy) is 2. The van der Waals surface area contributed by atoms with Crippen molar-refractivity contribution in [2.45, 2.75) is 11.9 Å². The lowest BCUT2D eigenvalue weighted by Crippen LogP contribution is -1.98. The standard InChI is InChI=1S/C12H14BrN3O2/c1-16-7-10(14-15-16)8-18-11-4-3-9(6-13)5-12(11)17-2/h3-5,7H,6,8H2,1-2H3. The molecule has 0 saturated carbocycles. The van der Waals surface area contributed by atoms with E-state index in [1.54, 1.807) is 11.8 Å². The molecule has 18 heavy (non-hydrogen) atoms. The maximum Gasteiger partial charge on any atom is 0.161 e. The average molecular weight is 312 g/mol. The molecule has 0 amide bonds. The molecular weight excluding hydrogens is 298 g/mol. The van der Waals surface area contributed by atoms with E-state index >= 15 is 0 Å². The first-order chi connectivity index (χ1) is 8.72. The van der Waals surface area contributed by atoms with Gasteiger partial charge in [0.15, 0.2) is 11.5 Å². The Labute approximate surface area is 114 Å². The number of methoxy groups -OCH3 is 1. The van der Waals surface area contributed by atoms with Gasteiger partial charge < -0.3 is 9.47 Å². The number of rotatable bonds is 5. The molecule has 6 heteroatoms. The molecule has 0 N–H and O–H groups in total. The first-order valence-electron chi connectivity index (χ1n) is 5.44. The summed E-state index contributed by atoms with van der Waals surface area (Å²) in [6, 6.07) is 5.83. The van der Waals surface area contributed by atoms with Gasteiger partial charge in [0, 0.05) is 12.4 Å². The van der Waals surface area contributed by atoms with Crippen molar-refractivity contribution in [2.75, 3.05) is 7.11 Å². The van der Waals surface area contributed by atoms with Gasteiger partial charge in [0.1, 0.15) is 12.3 Å². The minimum Gasteiger partial charge on any atom is -0.493 e. The quantitative estimate of drug-likeness (QED) is 0.795. The van der Waals surface area contributed by atoms with Gasteiger partial charge in [-0.1, -0.05) is 27.2 Å². The smallest absolute Gasteiger partial charge is 0.161 e. The number of aryl methyl sites for hydroxylation is 1. The van der Waals surface area contributed by atoms with Crippen molar-refractivity contribution in [3.05, 3.63) is 35.7 Å². The van der Waals surface area contributed by atoms with Gasteiger partial charge in [-0.3, -0.25) is 4.68 Å². The van der Waals surface area contributed by atoms with Crippen molar-refractivity contribution >= 4 is 15.9 Å². The molecule has 0 unspecified atom stereocenters. The topological polar surface area (TPSA) is 49.2 Å². The molecule has 0 aliphatic carbocycles. The third-order valence-corrected chi connectivity index (χ3v) is 3.06. The fourth-order valence-corrected chi connectivity index (χ4v) is 1.88. The van der Waals surface area contributed by atoms with Crippen LogP contribution in [-0.4, -0.2) is 22.1 Å². The largest absolute Gasteiger partial charge is 0.493 e. The van der Waals surface area contributed by atoms with Crippen LogP contribution in [0.5, 0.6) is 11.5 Å². The molecule has 5 nitrogen and oxygen atoms in total. The summed E-state index contributed by atoms with van der Waals surface area (Å²) >= 11 is 3.41. The zero-order valence-corrected chi connectivity index (χ0v) is 11.8. The molecule has 0 radical (unpaired) electrons. The van der Waals surface area contributed by atoms with E-state index in [4.69, 9.17) is 9.47 Å². The Morgan fingerprint density at radius 1 is 1.33 bits per heavy atom. The summed E-state index contributed by atoms with van der Waals surface area (Å²) < 4.78 is 12.6. The van der Waals surface area contributed by atoms with Crippen molar-refractivity contribution in [1.29, 1.82) is 0 Å². The Morgan fingerprint density at radius 2 is 2.17 bits per heavy atom. The second-order valence-electron chi connectivity index (χ2n) is 3.79. The van der Waals surface area contributed by atoms with Gasteiger partial charge in [-0.2, -0.15) is 0 Å². The van der Waals surface area contributed by atoms with Gasteiger partial charge in [-0.25, -0.2) is 0 Å². The number of nitrogens with zero attached hydrogens (tertiary/aromatic N) is 3. The predicted octanol–water partition coefficient (Wildman–Crippen LogP) is 2.30. The first-order valence-corrected chi connectivity index (χ1v) is 6.56. The van der Waals surface area contributed by atoms with Gasteiger partial charge >= 0.3 is 0 Å². The molecule has 0 bridgehead atoms. The summed E-state index contributed by atoms with van der Waals surface area (Å²) in [5, 5.41) is 8.59. The highest BCUT2D eigenvalue weighted by Gasteiger charge is 2.07.